The summed E-state index contributed by atoms with van der Waals surface area (Å²) in [5, 5.41) is 2.84. The van der Waals surface area contributed by atoms with Crippen molar-refractivity contribution in [2.45, 2.75) is 6.92 Å². The molecule has 1 aromatic carbocycles. The first kappa shape index (κ1) is 12.1. The maximum absolute atomic E-state index is 11.9. The van der Waals surface area contributed by atoms with Crippen molar-refractivity contribution in [2.75, 3.05) is 29.9 Å². The van der Waals surface area contributed by atoms with Crippen LogP contribution in [0.15, 0.2) is 24.3 Å². The lowest BCUT2D eigenvalue weighted by Crippen LogP contribution is -2.43. The van der Waals surface area contributed by atoms with Crippen molar-refractivity contribution in [1.29, 1.82) is 0 Å². The van der Waals surface area contributed by atoms with Crippen LogP contribution >= 0.6 is 0 Å². The number of nitrogens with one attached hydrogen (secondary N) is 1. The third-order valence-corrected chi connectivity index (χ3v) is 4.04. The molecule has 1 heterocycles. The average Bonchev–Trinajstić information content (AvgIpc) is 2.33. The SMILES string of the molecule is Cc1ccc(NC(=O)N2CCS(=O)CC2)cc1. The fourth-order valence-corrected chi connectivity index (χ4v) is 2.73. The van der Waals surface area contributed by atoms with Gasteiger partial charge in [-0.3, -0.25) is 4.21 Å². The van der Waals surface area contributed by atoms with Gasteiger partial charge in [0.25, 0.3) is 0 Å². The molecule has 0 aliphatic carbocycles. The Hall–Kier alpha value is -1.36. The smallest absolute Gasteiger partial charge is 0.321 e. The molecule has 4 nitrogen and oxygen atoms in total. The number of urea groups is 1. The number of amides is 2. The second-order valence-corrected chi connectivity index (χ2v) is 5.83. The van der Waals surface area contributed by atoms with E-state index in [-0.39, 0.29) is 6.03 Å². The summed E-state index contributed by atoms with van der Waals surface area (Å²) in [6.07, 6.45) is 0. The zero-order valence-electron chi connectivity index (χ0n) is 9.81. The minimum atomic E-state index is -0.749. The van der Waals surface area contributed by atoms with E-state index in [4.69, 9.17) is 0 Å². The molecule has 1 aliphatic heterocycles. The molecule has 0 saturated carbocycles. The Kier molecular flexibility index (Phi) is 3.78. The maximum atomic E-state index is 11.9. The normalized spacial score (nSPS) is 16.9. The standard InChI is InChI=1S/C12H16N2O2S/c1-10-2-4-11(5-3-10)13-12(15)14-6-8-17(16)9-7-14/h2-5H,6-9H2,1H3,(H,13,15). The zero-order valence-corrected chi connectivity index (χ0v) is 10.6. The van der Waals surface area contributed by atoms with E-state index < -0.39 is 10.8 Å². The predicted octanol–water partition coefficient (Wildman–Crippen LogP) is 1.59. The second-order valence-electron chi connectivity index (χ2n) is 4.13. The first-order valence-electron chi connectivity index (χ1n) is 5.63. The Bertz CT molecular complexity index is 421. The van der Waals surface area contributed by atoms with E-state index in [0.29, 0.717) is 24.6 Å². The largest absolute Gasteiger partial charge is 0.323 e. The summed E-state index contributed by atoms with van der Waals surface area (Å²) < 4.78 is 11.2. The van der Waals surface area contributed by atoms with Crippen molar-refractivity contribution < 1.29 is 9.00 Å². The highest BCUT2D eigenvalue weighted by Crippen LogP contribution is 2.10. The van der Waals surface area contributed by atoms with Crippen LogP contribution in [0.25, 0.3) is 0 Å². The number of rotatable bonds is 1. The van der Waals surface area contributed by atoms with Crippen LogP contribution in [0.5, 0.6) is 0 Å². The molecular formula is C12H16N2O2S. The summed E-state index contributed by atoms with van der Waals surface area (Å²) in [6.45, 7) is 3.15. The Labute approximate surface area is 103 Å². The Balaban J connectivity index is 1.92. The molecule has 0 aromatic heterocycles. The minimum absolute atomic E-state index is 0.106. The van der Waals surface area contributed by atoms with Gasteiger partial charge in [0.15, 0.2) is 0 Å². The Morgan fingerprint density at radius 1 is 1.24 bits per heavy atom. The molecule has 0 unspecified atom stereocenters. The van der Waals surface area contributed by atoms with Crippen LogP contribution < -0.4 is 5.32 Å². The minimum Gasteiger partial charge on any atom is -0.323 e. The molecule has 0 radical (unpaired) electrons. The molecule has 0 spiro atoms. The molecule has 5 heteroatoms. The van der Waals surface area contributed by atoms with E-state index in [9.17, 15) is 9.00 Å². The lowest BCUT2D eigenvalue weighted by molar-refractivity contribution is 0.216. The van der Waals surface area contributed by atoms with Crippen molar-refractivity contribution in [1.82, 2.24) is 4.90 Å². The monoisotopic (exact) mass is 252 g/mol. The third kappa shape index (κ3) is 3.30. The van der Waals surface area contributed by atoms with Crippen LogP contribution in [0.2, 0.25) is 0 Å². The summed E-state index contributed by atoms with van der Waals surface area (Å²) in [4.78, 5) is 13.6. The van der Waals surface area contributed by atoms with Gasteiger partial charge in [-0.05, 0) is 19.1 Å². The van der Waals surface area contributed by atoms with Crippen molar-refractivity contribution in [3.63, 3.8) is 0 Å². The van der Waals surface area contributed by atoms with Gasteiger partial charge in [0.2, 0.25) is 0 Å². The number of hydrogen-bond donors (Lipinski definition) is 1. The fraction of sp³-hybridized carbons (Fsp3) is 0.417. The first-order chi connectivity index (χ1) is 8.15. The van der Waals surface area contributed by atoms with Crippen molar-refractivity contribution in [2.24, 2.45) is 0 Å². The first-order valence-corrected chi connectivity index (χ1v) is 7.11. The number of carbonyl (C=O) groups excluding carboxylic acids is 1. The maximum Gasteiger partial charge on any atom is 0.321 e. The number of hydrogen-bond acceptors (Lipinski definition) is 2. The number of anilines is 1. The highest BCUT2D eigenvalue weighted by Gasteiger charge is 2.19. The molecule has 92 valence electrons. The van der Waals surface area contributed by atoms with Gasteiger partial charge in [0.05, 0.1) is 0 Å². The lowest BCUT2D eigenvalue weighted by Gasteiger charge is -2.26. The van der Waals surface area contributed by atoms with Crippen LogP contribution in [-0.2, 0) is 10.8 Å². The summed E-state index contributed by atoms with van der Waals surface area (Å²) in [7, 11) is -0.749. The highest BCUT2D eigenvalue weighted by molar-refractivity contribution is 7.85. The summed E-state index contributed by atoms with van der Waals surface area (Å²) in [5.41, 5.74) is 1.96. The Morgan fingerprint density at radius 2 is 1.82 bits per heavy atom. The van der Waals surface area contributed by atoms with Crippen LogP contribution in [0.1, 0.15) is 5.56 Å². The lowest BCUT2D eigenvalue weighted by atomic mass is 10.2. The molecule has 0 bridgehead atoms. The van der Waals surface area contributed by atoms with Gasteiger partial charge in [-0.25, -0.2) is 4.79 Å². The van der Waals surface area contributed by atoms with Gasteiger partial charge in [-0.15, -0.1) is 0 Å². The number of carbonyl (C=O) groups is 1. The molecule has 1 aromatic rings. The quantitative estimate of drug-likeness (QED) is 0.825. The molecule has 1 aliphatic rings. The molecule has 1 N–H and O–H groups in total. The van der Waals surface area contributed by atoms with E-state index in [1.54, 1.807) is 4.90 Å². The van der Waals surface area contributed by atoms with Crippen molar-refractivity contribution >= 4 is 22.5 Å². The summed E-state index contributed by atoms with van der Waals surface area (Å²) in [5.74, 6) is 1.17. The third-order valence-electron chi connectivity index (χ3n) is 2.77. The van der Waals surface area contributed by atoms with Crippen molar-refractivity contribution in [3.05, 3.63) is 29.8 Å². The Morgan fingerprint density at radius 3 is 2.41 bits per heavy atom. The van der Waals surface area contributed by atoms with Crippen LogP contribution in [-0.4, -0.2) is 39.7 Å². The summed E-state index contributed by atoms with van der Waals surface area (Å²) >= 11 is 0. The van der Waals surface area contributed by atoms with Crippen LogP contribution in [0.4, 0.5) is 10.5 Å². The topological polar surface area (TPSA) is 49.4 Å². The van der Waals surface area contributed by atoms with Gasteiger partial charge in [0, 0.05) is 41.1 Å². The summed E-state index contributed by atoms with van der Waals surface area (Å²) in [6, 6.07) is 7.58. The number of aryl methyl sites for hydroxylation is 1. The van der Waals surface area contributed by atoms with E-state index >= 15 is 0 Å². The van der Waals surface area contributed by atoms with Crippen LogP contribution in [0.3, 0.4) is 0 Å². The molecular weight excluding hydrogens is 236 g/mol. The van der Waals surface area contributed by atoms with E-state index in [1.807, 2.05) is 31.2 Å². The van der Waals surface area contributed by atoms with E-state index in [0.717, 1.165) is 11.3 Å². The zero-order chi connectivity index (χ0) is 12.3. The number of benzene rings is 1. The molecule has 1 fully saturated rings. The van der Waals surface area contributed by atoms with Gasteiger partial charge >= 0.3 is 6.03 Å². The van der Waals surface area contributed by atoms with Gasteiger partial charge in [-0.2, -0.15) is 0 Å². The van der Waals surface area contributed by atoms with E-state index in [2.05, 4.69) is 5.32 Å². The molecule has 17 heavy (non-hydrogen) atoms. The van der Waals surface area contributed by atoms with E-state index in [1.165, 1.54) is 0 Å². The van der Waals surface area contributed by atoms with Gasteiger partial charge < -0.3 is 10.2 Å². The molecule has 0 atom stereocenters. The molecule has 2 rings (SSSR count). The van der Waals surface area contributed by atoms with Crippen molar-refractivity contribution in [3.8, 4) is 0 Å². The second kappa shape index (κ2) is 5.31. The fourth-order valence-electron chi connectivity index (χ4n) is 1.68. The van der Waals surface area contributed by atoms with Gasteiger partial charge in [-0.1, -0.05) is 17.7 Å². The average molecular weight is 252 g/mol. The van der Waals surface area contributed by atoms with Gasteiger partial charge in [0.1, 0.15) is 0 Å². The predicted molar refractivity (Wildman–Crippen MR) is 69.6 cm³/mol. The van der Waals surface area contributed by atoms with Crippen LogP contribution in [0, 0.1) is 6.92 Å². The number of nitrogens with zero attached hydrogens (tertiary/aromatic N) is 1. The molecule has 2 amide bonds. The molecule has 1 saturated heterocycles. The highest BCUT2D eigenvalue weighted by atomic mass is 32.2.